The molecule has 0 unspecified atom stereocenters. The molecule has 0 atom stereocenters. The zero-order valence-corrected chi connectivity index (χ0v) is 16.4. The second kappa shape index (κ2) is 8.50. The van der Waals surface area contributed by atoms with E-state index in [9.17, 15) is 4.79 Å². The van der Waals surface area contributed by atoms with Gasteiger partial charge >= 0.3 is 5.69 Å². The van der Waals surface area contributed by atoms with Crippen LogP contribution in [0.2, 0.25) is 5.02 Å². The fraction of sp³-hybridized carbons (Fsp3) is 0.150. The van der Waals surface area contributed by atoms with Crippen LogP contribution in [0, 0.1) is 0 Å². The third-order valence-corrected chi connectivity index (χ3v) is 5.41. The quantitative estimate of drug-likeness (QED) is 0.455. The van der Waals surface area contributed by atoms with Gasteiger partial charge in [-0.15, -0.1) is 5.10 Å². The standard InChI is InChI=1S/C20H17ClN4O2S/c21-16-8-4-7-15(11-16)18-22-17(12-27-18)13-28-20-24-23-19(26)25(20)10-9-14-5-2-1-3-6-14/h1-8,11-12H,9-10,13H2,(H,23,26). The summed E-state index contributed by atoms with van der Waals surface area (Å²) in [5.41, 5.74) is 2.56. The van der Waals surface area contributed by atoms with E-state index in [2.05, 4.69) is 15.2 Å². The van der Waals surface area contributed by atoms with Crippen LogP contribution in [0.5, 0.6) is 0 Å². The van der Waals surface area contributed by atoms with Crippen molar-refractivity contribution in [2.45, 2.75) is 23.9 Å². The summed E-state index contributed by atoms with van der Waals surface area (Å²) in [6.45, 7) is 0.564. The molecule has 0 aliphatic rings. The van der Waals surface area contributed by atoms with Gasteiger partial charge in [0.05, 0.1) is 5.69 Å². The Bertz CT molecular complexity index is 1120. The summed E-state index contributed by atoms with van der Waals surface area (Å²) in [5, 5.41) is 7.92. The number of aromatic nitrogens is 4. The fourth-order valence-corrected chi connectivity index (χ4v) is 3.80. The topological polar surface area (TPSA) is 76.7 Å². The predicted octanol–water partition coefficient (Wildman–Crippen LogP) is 4.41. The molecule has 2 aromatic heterocycles. The number of nitrogens with zero attached hydrogens (tertiary/aromatic N) is 3. The number of oxazole rings is 1. The van der Waals surface area contributed by atoms with E-state index in [0.717, 1.165) is 17.7 Å². The van der Waals surface area contributed by atoms with E-state index in [-0.39, 0.29) is 5.69 Å². The fourth-order valence-electron chi connectivity index (χ4n) is 2.76. The molecule has 4 rings (SSSR count). The number of hydrogen-bond donors (Lipinski definition) is 1. The van der Waals surface area contributed by atoms with Crippen LogP contribution < -0.4 is 5.69 Å². The second-order valence-corrected chi connectivity index (χ2v) is 7.52. The minimum atomic E-state index is -0.210. The number of hydrogen-bond acceptors (Lipinski definition) is 5. The van der Waals surface area contributed by atoms with Crippen LogP contribution in [0.1, 0.15) is 11.3 Å². The summed E-state index contributed by atoms with van der Waals surface area (Å²) in [5.74, 6) is 1.06. The molecule has 142 valence electrons. The lowest BCUT2D eigenvalue weighted by Gasteiger charge is -2.05. The monoisotopic (exact) mass is 412 g/mol. The zero-order valence-electron chi connectivity index (χ0n) is 14.8. The number of aryl methyl sites for hydroxylation is 1. The molecule has 0 amide bonds. The highest BCUT2D eigenvalue weighted by Crippen LogP contribution is 2.25. The molecule has 0 fully saturated rings. The van der Waals surface area contributed by atoms with Crippen LogP contribution in [-0.2, 0) is 18.7 Å². The molecule has 2 aromatic carbocycles. The van der Waals surface area contributed by atoms with Crippen LogP contribution in [0.3, 0.4) is 0 Å². The van der Waals surface area contributed by atoms with Gasteiger partial charge in [0.15, 0.2) is 5.16 Å². The normalized spacial score (nSPS) is 11.0. The highest BCUT2D eigenvalue weighted by atomic mass is 35.5. The van der Waals surface area contributed by atoms with Gasteiger partial charge in [0.25, 0.3) is 0 Å². The Morgan fingerprint density at radius 3 is 2.82 bits per heavy atom. The Hall–Kier alpha value is -2.77. The van der Waals surface area contributed by atoms with Crippen LogP contribution in [0.25, 0.3) is 11.5 Å². The van der Waals surface area contributed by atoms with Gasteiger partial charge in [-0.3, -0.25) is 4.57 Å². The summed E-state index contributed by atoms with van der Waals surface area (Å²) in [6.07, 6.45) is 2.37. The molecule has 0 aliphatic heterocycles. The van der Waals surface area contributed by atoms with Gasteiger partial charge < -0.3 is 4.42 Å². The van der Waals surface area contributed by atoms with Crippen molar-refractivity contribution in [2.24, 2.45) is 0 Å². The molecule has 1 N–H and O–H groups in total. The molecular formula is C20H17ClN4O2S. The van der Waals surface area contributed by atoms with Crippen molar-refractivity contribution >= 4 is 23.4 Å². The molecule has 4 aromatic rings. The molecule has 2 heterocycles. The molecule has 0 radical (unpaired) electrons. The van der Waals surface area contributed by atoms with Gasteiger partial charge in [-0.25, -0.2) is 14.9 Å². The average molecular weight is 413 g/mol. The number of benzene rings is 2. The van der Waals surface area contributed by atoms with Gasteiger partial charge in [-0.1, -0.05) is 59.8 Å². The van der Waals surface area contributed by atoms with Crippen molar-refractivity contribution in [1.82, 2.24) is 19.7 Å². The molecule has 0 saturated carbocycles. The van der Waals surface area contributed by atoms with Crippen molar-refractivity contribution in [3.63, 3.8) is 0 Å². The first-order chi connectivity index (χ1) is 13.7. The molecule has 0 aliphatic carbocycles. The predicted molar refractivity (Wildman–Crippen MR) is 110 cm³/mol. The summed E-state index contributed by atoms with van der Waals surface area (Å²) in [7, 11) is 0. The van der Waals surface area contributed by atoms with E-state index in [0.29, 0.717) is 28.4 Å². The molecule has 28 heavy (non-hydrogen) atoms. The Balaban J connectivity index is 1.42. The van der Waals surface area contributed by atoms with Gasteiger partial charge in [-0.2, -0.15) is 0 Å². The lowest BCUT2D eigenvalue weighted by molar-refractivity contribution is 0.573. The lowest BCUT2D eigenvalue weighted by atomic mass is 10.1. The summed E-state index contributed by atoms with van der Waals surface area (Å²) in [6, 6.07) is 17.4. The SMILES string of the molecule is O=c1[nH]nc(SCc2coc(-c3cccc(Cl)c3)n2)n1CCc1ccccc1. The van der Waals surface area contributed by atoms with Crippen molar-refractivity contribution in [3.05, 3.63) is 87.6 Å². The molecule has 0 saturated heterocycles. The Morgan fingerprint density at radius 1 is 1.14 bits per heavy atom. The Morgan fingerprint density at radius 2 is 2.00 bits per heavy atom. The van der Waals surface area contributed by atoms with Crippen LogP contribution in [-0.4, -0.2) is 19.7 Å². The van der Waals surface area contributed by atoms with Crippen molar-refractivity contribution < 1.29 is 4.42 Å². The first-order valence-electron chi connectivity index (χ1n) is 8.71. The summed E-state index contributed by atoms with van der Waals surface area (Å²) in [4.78, 5) is 16.6. The average Bonchev–Trinajstić information content (AvgIpc) is 3.32. The van der Waals surface area contributed by atoms with Crippen LogP contribution >= 0.6 is 23.4 Å². The first kappa shape index (κ1) is 18.6. The Labute approximate surface area is 170 Å². The molecule has 8 heteroatoms. The summed E-state index contributed by atoms with van der Waals surface area (Å²) >= 11 is 7.46. The first-order valence-corrected chi connectivity index (χ1v) is 10.1. The number of thioether (sulfide) groups is 1. The van der Waals surface area contributed by atoms with E-state index >= 15 is 0 Å². The van der Waals surface area contributed by atoms with E-state index in [1.165, 1.54) is 17.3 Å². The maximum Gasteiger partial charge on any atom is 0.343 e. The Kier molecular flexibility index (Phi) is 5.64. The van der Waals surface area contributed by atoms with Gasteiger partial charge in [0.1, 0.15) is 6.26 Å². The molecule has 0 bridgehead atoms. The highest BCUT2D eigenvalue weighted by molar-refractivity contribution is 7.98. The van der Waals surface area contributed by atoms with E-state index in [1.54, 1.807) is 23.0 Å². The van der Waals surface area contributed by atoms with Crippen molar-refractivity contribution in [2.75, 3.05) is 0 Å². The molecule has 6 nitrogen and oxygen atoms in total. The zero-order chi connectivity index (χ0) is 19.3. The second-order valence-electron chi connectivity index (χ2n) is 6.14. The minimum absolute atomic E-state index is 0.210. The summed E-state index contributed by atoms with van der Waals surface area (Å²) < 4.78 is 7.20. The smallest absolute Gasteiger partial charge is 0.343 e. The van der Waals surface area contributed by atoms with Gasteiger partial charge in [0.2, 0.25) is 5.89 Å². The van der Waals surface area contributed by atoms with E-state index in [1.807, 2.05) is 42.5 Å². The number of H-pyrrole nitrogens is 1. The number of aromatic amines is 1. The number of nitrogens with one attached hydrogen (secondary N) is 1. The number of halogens is 1. The maximum absolute atomic E-state index is 12.1. The number of rotatable bonds is 7. The molecule has 0 spiro atoms. The lowest BCUT2D eigenvalue weighted by Crippen LogP contribution is -2.18. The molecular weight excluding hydrogens is 396 g/mol. The van der Waals surface area contributed by atoms with Gasteiger partial charge in [-0.05, 0) is 30.2 Å². The third-order valence-electron chi connectivity index (χ3n) is 4.16. The minimum Gasteiger partial charge on any atom is -0.444 e. The van der Waals surface area contributed by atoms with Crippen LogP contribution in [0.4, 0.5) is 0 Å². The highest BCUT2D eigenvalue weighted by Gasteiger charge is 2.12. The maximum atomic E-state index is 12.1. The van der Waals surface area contributed by atoms with E-state index < -0.39 is 0 Å². The van der Waals surface area contributed by atoms with Crippen molar-refractivity contribution in [1.29, 1.82) is 0 Å². The van der Waals surface area contributed by atoms with Gasteiger partial charge in [0, 0.05) is 22.9 Å². The largest absolute Gasteiger partial charge is 0.444 e. The van der Waals surface area contributed by atoms with Crippen LogP contribution in [0.15, 0.2) is 75.2 Å². The van der Waals surface area contributed by atoms with Crippen molar-refractivity contribution in [3.8, 4) is 11.5 Å². The van der Waals surface area contributed by atoms with E-state index in [4.69, 9.17) is 16.0 Å². The third kappa shape index (κ3) is 4.37.